The summed E-state index contributed by atoms with van der Waals surface area (Å²) >= 11 is 0. The summed E-state index contributed by atoms with van der Waals surface area (Å²) in [7, 11) is 2.00. The molecule has 4 aromatic rings. The molecule has 0 aliphatic heterocycles. The van der Waals surface area contributed by atoms with Gasteiger partial charge in [0, 0.05) is 37.7 Å². The lowest BCUT2D eigenvalue weighted by atomic mass is 9.85. The van der Waals surface area contributed by atoms with Gasteiger partial charge in [-0.2, -0.15) is 19.6 Å². The van der Waals surface area contributed by atoms with E-state index in [9.17, 15) is 5.11 Å². The van der Waals surface area contributed by atoms with E-state index in [0.29, 0.717) is 18.4 Å². The highest BCUT2D eigenvalue weighted by atomic mass is 16.3. The lowest BCUT2D eigenvalue weighted by Gasteiger charge is -2.30. The lowest BCUT2D eigenvalue weighted by Crippen LogP contribution is -2.35. The molecule has 1 aliphatic rings. The van der Waals surface area contributed by atoms with Crippen LogP contribution >= 0.6 is 0 Å². The molecule has 0 amide bonds. The Hall–Kier alpha value is -3.20. The minimum atomic E-state index is 0.184. The molecule has 32 heavy (non-hydrogen) atoms. The van der Waals surface area contributed by atoms with Crippen molar-refractivity contribution in [3.63, 3.8) is 0 Å². The van der Waals surface area contributed by atoms with Crippen LogP contribution in [0.3, 0.4) is 0 Å². The van der Waals surface area contributed by atoms with E-state index in [4.69, 9.17) is 9.97 Å². The number of aliphatic hydroxyl groups is 1. The van der Waals surface area contributed by atoms with Crippen molar-refractivity contribution in [2.75, 3.05) is 17.2 Å². The average Bonchev–Trinajstić information content (AvgIpc) is 3.41. The van der Waals surface area contributed by atoms with Crippen LogP contribution in [0.4, 0.5) is 11.9 Å². The lowest BCUT2D eigenvalue weighted by molar-refractivity contribution is 0.178. The Morgan fingerprint density at radius 2 is 2.06 bits per heavy atom. The second kappa shape index (κ2) is 8.74. The molecule has 9 nitrogen and oxygen atoms in total. The zero-order valence-corrected chi connectivity index (χ0v) is 18.6. The first-order valence-electron chi connectivity index (χ1n) is 11.4. The van der Waals surface area contributed by atoms with E-state index >= 15 is 0 Å². The molecular formula is C23H30N8O. The summed E-state index contributed by atoms with van der Waals surface area (Å²) in [5, 5.41) is 21.3. The van der Waals surface area contributed by atoms with Gasteiger partial charge < -0.3 is 20.3 Å². The molecule has 2 atom stereocenters. The van der Waals surface area contributed by atoms with Crippen molar-refractivity contribution in [3.05, 3.63) is 41.9 Å². The Balaban J connectivity index is 1.43. The van der Waals surface area contributed by atoms with Gasteiger partial charge in [-0.25, -0.2) is 4.98 Å². The van der Waals surface area contributed by atoms with Gasteiger partial charge in [0.05, 0.1) is 23.6 Å². The molecule has 0 saturated heterocycles. The molecule has 9 heteroatoms. The monoisotopic (exact) mass is 434 g/mol. The first-order chi connectivity index (χ1) is 15.7. The van der Waals surface area contributed by atoms with Crippen LogP contribution in [0.15, 0.2) is 30.7 Å². The molecule has 0 radical (unpaired) electrons. The summed E-state index contributed by atoms with van der Waals surface area (Å²) in [6.45, 7) is 2.89. The number of nitrogens with zero attached hydrogens (tertiary/aromatic N) is 6. The number of aliphatic hydroxyl groups excluding tert-OH is 1. The molecule has 3 aromatic heterocycles. The van der Waals surface area contributed by atoms with Crippen LogP contribution in [0.2, 0.25) is 0 Å². The predicted molar refractivity (Wildman–Crippen MR) is 125 cm³/mol. The summed E-state index contributed by atoms with van der Waals surface area (Å²) in [5.74, 6) is 1.47. The standard InChI is InChI=1S/C23H30N8O/c1-3-16-12-26-31-21(16)28-22(27-18-7-5-4-6-17(18)13-32)29-23(31)24-11-15-8-9-20-19(10-15)25-14-30(20)2/h8-10,12,14,17-18,32H,3-7,11,13H2,1-2H3,(H2,24,27,28,29). The van der Waals surface area contributed by atoms with Gasteiger partial charge in [0.25, 0.3) is 0 Å². The van der Waals surface area contributed by atoms with Crippen molar-refractivity contribution >= 4 is 28.6 Å². The number of fused-ring (bicyclic) bond motifs is 2. The summed E-state index contributed by atoms with van der Waals surface area (Å²) in [6.07, 6.45) is 8.91. The molecule has 168 valence electrons. The number of anilines is 2. The Morgan fingerprint density at radius 1 is 1.19 bits per heavy atom. The van der Waals surface area contributed by atoms with Gasteiger partial charge >= 0.3 is 0 Å². The number of aryl methyl sites for hydroxylation is 2. The fourth-order valence-corrected chi connectivity index (χ4v) is 4.61. The highest BCUT2D eigenvalue weighted by Gasteiger charge is 2.25. The van der Waals surface area contributed by atoms with E-state index in [1.165, 1.54) is 6.42 Å². The SMILES string of the molecule is CCc1cnn2c(NCc3ccc4c(c3)ncn4C)nc(NC3CCCCC3CO)nc12. The normalized spacial score (nSPS) is 19.0. The van der Waals surface area contributed by atoms with Crippen molar-refractivity contribution in [1.29, 1.82) is 0 Å². The topological polar surface area (TPSA) is 105 Å². The highest BCUT2D eigenvalue weighted by Crippen LogP contribution is 2.27. The zero-order chi connectivity index (χ0) is 22.1. The van der Waals surface area contributed by atoms with Crippen molar-refractivity contribution in [3.8, 4) is 0 Å². The minimum absolute atomic E-state index is 0.184. The van der Waals surface area contributed by atoms with Gasteiger partial charge in [-0.3, -0.25) is 0 Å². The van der Waals surface area contributed by atoms with Gasteiger partial charge in [-0.1, -0.05) is 25.8 Å². The second-order valence-electron chi connectivity index (χ2n) is 8.64. The number of hydrogen-bond donors (Lipinski definition) is 3. The fourth-order valence-electron chi connectivity index (χ4n) is 4.61. The molecular weight excluding hydrogens is 404 g/mol. The Morgan fingerprint density at radius 3 is 2.91 bits per heavy atom. The molecule has 2 unspecified atom stereocenters. The van der Waals surface area contributed by atoms with Gasteiger partial charge in [-0.15, -0.1) is 0 Å². The molecule has 1 aliphatic carbocycles. The van der Waals surface area contributed by atoms with Gasteiger partial charge in [0.1, 0.15) is 0 Å². The maximum absolute atomic E-state index is 9.79. The van der Waals surface area contributed by atoms with Crippen LogP contribution in [0.1, 0.15) is 43.7 Å². The second-order valence-corrected chi connectivity index (χ2v) is 8.64. The first-order valence-corrected chi connectivity index (χ1v) is 11.4. The van der Waals surface area contributed by atoms with E-state index in [0.717, 1.165) is 53.5 Å². The van der Waals surface area contributed by atoms with Crippen LogP contribution in [-0.4, -0.2) is 46.9 Å². The number of aromatic nitrogens is 6. The van der Waals surface area contributed by atoms with Crippen molar-refractivity contribution in [1.82, 2.24) is 29.1 Å². The molecule has 3 N–H and O–H groups in total. The molecule has 0 bridgehead atoms. The fraction of sp³-hybridized carbons (Fsp3) is 0.478. The first kappa shape index (κ1) is 20.7. The van der Waals surface area contributed by atoms with Crippen molar-refractivity contribution in [2.45, 2.75) is 51.6 Å². The van der Waals surface area contributed by atoms with E-state index in [1.807, 2.05) is 24.1 Å². The Kier molecular flexibility index (Phi) is 5.65. The Bertz CT molecular complexity index is 1230. The van der Waals surface area contributed by atoms with Gasteiger partial charge in [0.15, 0.2) is 5.65 Å². The van der Waals surface area contributed by atoms with Gasteiger partial charge in [0.2, 0.25) is 11.9 Å². The zero-order valence-electron chi connectivity index (χ0n) is 18.6. The smallest absolute Gasteiger partial charge is 0.229 e. The number of benzene rings is 1. The quantitative estimate of drug-likeness (QED) is 0.410. The predicted octanol–water partition coefficient (Wildman–Crippen LogP) is 3.15. The summed E-state index contributed by atoms with van der Waals surface area (Å²) in [6, 6.07) is 6.46. The summed E-state index contributed by atoms with van der Waals surface area (Å²) in [4.78, 5) is 14.0. The third-order valence-electron chi connectivity index (χ3n) is 6.52. The third-order valence-corrected chi connectivity index (χ3v) is 6.52. The number of imidazole rings is 1. The molecule has 0 spiro atoms. The molecule has 1 aromatic carbocycles. The maximum atomic E-state index is 9.79. The van der Waals surface area contributed by atoms with E-state index in [1.54, 1.807) is 4.52 Å². The minimum Gasteiger partial charge on any atom is -0.396 e. The van der Waals surface area contributed by atoms with Crippen molar-refractivity contribution in [2.24, 2.45) is 13.0 Å². The van der Waals surface area contributed by atoms with Crippen LogP contribution in [-0.2, 0) is 20.0 Å². The van der Waals surface area contributed by atoms with Crippen LogP contribution in [0.5, 0.6) is 0 Å². The number of hydrogen-bond acceptors (Lipinski definition) is 7. The van der Waals surface area contributed by atoms with Crippen LogP contribution in [0, 0.1) is 5.92 Å². The van der Waals surface area contributed by atoms with E-state index < -0.39 is 0 Å². The molecule has 1 saturated carbocycles. The summed E-state index contributed by atoms with van der Waals surface area (Å²) < 4.78 is 3.78. The molecule has 1 fully saturated rings. The number of rotatable bonds is 7. The van der Waals surface area contributed by atoms with Crippen LogP contribution in [0.25, 0.3) is 16.7 Å². The summed E-state index contributed by atoms with van der Waals surface area (Å²) in [5.41, 5.74) is 5.09. The van der Waals surface area contributed by atoms with E-state index in [-0.39, 0.29) is 18.6 Å². The number of nitrogens with one attached hydrogen (secondary N) is 2. The van der Waals surface area contributed by atoms with Crippen LogP contribution < -0.4 is 10.6 Å². The molecule has 5 rings (SSSR count). The van der Waals surface area contributed by atoms with Crippen molar-refractivity contribution < 1.29 is 5.11 Å². The third kappa shape index (κ3) is 3.88. The van der Waals surface area contributed by atoms with Gasteiger partial charge in [-0.05, 0) is 37.0 Å². The average molecular weight is 435 g/mol. The molecule has 3 heterocycles. The maximum Gasteiger partial charge on any atom is 0.229 e. The van der Waals surface area contributed by atoms with E-state index in [2.05, 4.69) is 45.8 Å². The largest absolute Gasteiger partial charge is 0.396 e. The Labute approximate surface area is 186 Å². The highest BCUT2D eigenvalue weighted by molar-refractivity contribution is 5.76.